The molecule has 3 rings (SSSR count). The minimum absolute atomic E-state index is 0.119. The fourth-order valence-electron chi connectivity index (χ4n) is 2.78. The van der Waals surface area contributed by atoms with Gasteiger partial charge >= 0.3 is 0 Å². The highest BCUT2D eigenvalue weighted by Crippen LogP contribution is 2.19. The van der Waals surface area contributed by atoms with E-state index in [0.717, 1.165) is 16.6 Å². The number of nitrogens with zero attached hydrogens (tertiary/aromatic N) is 2. The highest BCUT2D eigenvalue weighted by molar-refractivity contribution is 7.89. The predicted octanol–water partition coefficient (Wildman–Crippen LogP) is 2.67. The molecule has 0 saturated carbocycles. The molecule has 0 aliphatic heterocycles. The first-order valence-electron chi connectivity index (χ1n) is 8.67. The standard InChI is InChI=1S/C19H22N4O3S/c1-4-23-17-8-6-5-7-16(17)20-19(23)21-18(24)14(3)22-27(25,26)15-11-9-13(2)10-12-15/h5-12,14,22H,4H2,1-3H3,(H,20,21,24)/t14-/m0/s1. The summed E-state index contributed by atoms with van der Waals surface area (Å²) in [7, 11) is -3.79. The second-order valence-corrected chi connectivity index (χ2v) is 8.03. The Labute approximate surface area is 158 Å². The Morgan fingerprint density at radius 2 is 1.81 bits per heavy atom. The van der Waals surface area contributed by atoms with E-state index in [-0.39, 0.29) is 4.90 Å². The monoisotopic (exact) mass is 386 g/mol. The summed E-state index contributed by atoms with van der Waals surface area (Å²) in [5, 5.41) is 2.72. The van der Waals surface area contributed by atoms with Gasteiger partial charge in [-0.15, -0.1) is 0 Å². The SMILES string of the molecule is CCn1c(NC(=O)[C@H](C)NS(=O)(=O)c2ccc(C)cc2)nc2ccccc21. The molecule has 0 spiro atoms. The van der Waals surface area contributed by atoms with Crippen LogP contribution in [0.5, 0.6) is 0 Å². The van der Waals surface area contributed by atoms with Crippen molar-refractivity contribution in [3.05, 3.63) is 54.1 Å². The number of carbonyl (C=O) groups is 1. The van der Waals surface area contributed by atoms with Crippen LogP contribution in [0.15, 0.2) is 53.4 Å². The number of sulfonamides is 1. The van der Waals surface area contributed by atoms with Gasteiger partial charge in [0.2, 0.25) is 21.9 Å². The van der Waals surface area contributed by atoms with Crippen LogP contribution in [0.25, 0.3) is 11.0 Å². The molecule has 1 aromatic heterocycles. The van der Waals surface area contributed by atoms with E-state index in [0.29, 0.717) is 12.5 Å². The van der Waals surface area contributed by atoms with Crippen LogP contribution in [0.4, 0.5) is 5.95 Å². The molecule has 0 unspecified atom stereocenters. The van der Waals surface area contributed by atoms with Crippen LogP contribution in [0, 0.1) is 6.92 Å². The van der Waals surface area contributed by atoms with Gasteiger partial charge in [-0.25, -0.2) is 13.4 Å². The van der Waals surface area contributed by atoms with Gasteiger partial charge in [0.25, 0.3) is 0 Å². The second-order valence-electron chi connectivity index (χ2n) is 6.31. The highest BCUT2D eigenvalue weighted by atomic mass is 32.2. The lowest BCUT2D eigenvalue weighted by molar-refractivity contribution is -0.117. The molecule has 0 fully saturated rings. The summed E-state index contributed by atoms with van der Waals surface area (Å²) in [6.07, 6.45) is 0. The quantitative estimate of drug-likeness (QED) is 0.681. The molecule has 8 heteroatoms. The van der Waals surface area contributed by atoms with Gasteiger partial charge in [0, 0.05) is 6.54 Å². The number of benzene rings is 2. The minimum atomic E-state index is -3.79. The first kappa shape index (κ1) is 19.1. The smallest absolute Gasteiger partial charge is 0.244 e. The molecule has 1 amide bonds. The van der Waals surface area contributed by atoms with Crippen LogP contribution in [0.3, 0.4) is 0 Å². The maximum Gasteiger partial charge on any atom is 0.244 e. The summed E-state index contributed by atoms with van der Waals surface area (Å²) in [6, 6.07) is 13.1. The van der Waals surface area contributed by atoms with Crippen LogP contribution in [0.2, 0.25) is 0 Å². The molecule has 0 aliphatic carbocycles. The summed E-state index contributed by atoms with van der Waals surface area (Å²) in [5.41, 5.74) is 2.63. The number of fused-ring (bicyclic) bond motifs is 1. The van der Waals surface area contributed by atoms with Crippen molar-refractivity contribution >= 4 is 32.9 Å². The van der Waals surface area contributed by atoms with E-state index in [1.165, 1.54) is 19.1 Å². The second kappa shape index (κ2) is 7.50. The number of rotatable bonds is 6. The summed E-state index contributed by atoms with van der Waals surface area (Å²) in [6.45, 7) is 5.95. The van der Waals surface area contributed by atoms with E-state index in [2.05, 4.69) is 15.0 Å². The molecule has 0 aliphatic rings. The zero-order valence-electron chi connectivity index (χ0n) is 15.4. The number of hydrogen-bond acceptors (Lipinski definition) is 4. The Morgan fingerprint density at radius 3 is 2.48 bits per heavy atom. The third-order valence-electron chi connectivity index (χ3n) is 4.26. The molecular weight excluding hydrogens is 364 g/mol. The number of anilines is 1. The van der Waals surface area contributed by atoms with Crippen LogP contribution in [0.1, 0.15) is 19.4 Å². The van der Waals surface area contributed by atoms with E-state index in [9.17, 15) is 13.2 Å². The fraction of sp³-hybridized carbons (Fsp3) is 0.263. The third kappa shape index (κ3) is 4.01. The van der Waals surface area contributed by atoms with Crippen molar-refractivity contribution in [2.45, 2.75) is 38.3 Å². The average molecular weight is 386 g/mol. The van der Waals surface area contributed by atoms with Crippen LogP contribution in [-0.2, 0) is 21.4 Å². The Balaban J connectivity index is 1.77. The lowest BCUT2D eigenvalue weighted by Crippen LogP contribution is -2.41. The largest absolute Gasteiger partial charge is 0.310 e. The van der Waals surface area contributed by atoms with Crippen molar-refractivity contribution in [2.24, 2.45) is 0 Å². The molecule has 27 heavy (non-hydrogen) atoms. The van der Waals surface area contributed by atoms with Gasteiger partial charge in [-0.05, 0) is 45.0 Å². The lowest BCUT2D eigenvalue weighted by Gasteiger charge is -2.15. The number of aryl methyl sites for hydroxylation is 2. The van der Waals surface area contributed by atoms with Crippen molar-refractivity contribution in [2.75, 3.05) is 5.32 Å². The van der Waals surface area contributed by atoms with Crippen LogP contribution < -0.4 is 10.0 Å². The Morgan fingerprint density at radius 1 is 1.15 bits per heavy atom. The minimum Gasteiger partial charge on any atom is -0.310 e. The normalized spacial score (nSPS) is 12.9. The van der Waals surface area contributed by atoms with Crippen molar-refractivity contribution in [3.8, 4) is 0 Å². The van der Waals surface area contributed by atoms with Gasteiger partial charge in [0.1, 0.15) is 0 Å². The molecule has 2 aromatic carbocycles. The topological polar surface area (TPSA) is 93.1 Å². The highest BCUT2D eigenvalue weighted by Gasteiger charge is 2.23. The fourth-order valence-corrected chi connectivity index (χ4v) is 3.98. The van der Waals surface area contributed by atoms with Crippen molar-refractivity contribution in [1.82, 2.24) is 14.3 Å². The molecule has 142 valence electrons. The molecule has 3 aromatic rings. The first-order chi connectivity index (χ1) is 12.8. The number of para-hydroxylation sites is 2. The number of carbonyl (C=O) groups excluding carboxylic acids is 1. The lowest BCUT2D eigenvalue weighted by atomic mass is 10.2. The molecular formula is C19H22N4O3S. The average Bonchev–Trinajstić information content (AvgIpc) is 2.98. The molecule has 2 N–H and O–H groups in total. The van der Waals surface area contributed by atoms with Gasteiger partial charge < -0.3 is 4.57 Å². The van der Waals surface area contributed by atoms with Crippen molar-refractivity contribution in [3.63, 3.8) is 0 Å². The number of nitrogens with one attached hydrogen (secondary N) is 2. The molecule has 0 bridgehead atoms. The van der Waals surface area contributed by atoms with E-state index >= 15 is 0 Å². The maximum atomic E-state index is 12.5. The maximum absolute atomic E-state index is 12.5. The molecule has 1 atom stereocenters. The Hall–Kier alpha value is -2.71. The van der Waals surface area contributed by atoms with Gasteiger partial charge in [0.05, 0.1) is 22.0 Å². The van der Waals surface area contributed by atoms with Gasteiger partial charge in [-0.1, -0.05) is 29.8 Å². The Kier molecular flexibility index (Phi) is 5.29. The number of hydrogen-bond donors (Lipinski definition) is 2. The molecule has 0 saturated heterocycles. The van der Waals surface area contributed by atoms with Gasteiger partial charge in [-0.2, -0.15) is 4.72 Å². The van der Waals surface area contributed by atoms with Crippen molar-refractivity contribution in [1.29, 1.82) is 0 Å². The van der Waals surface area contributed by atoms with Crippen molar-refractivity contribution < 1.29 is 13.2 Å². The zero-order valence-corrected chi connectivity index (χ0v) is 16.2. The summed E-state index contributed by atoms with van der Waals surface area (Å²) >= 11 is 0. The van der Waals surface area contributed by atoms with Crippen LogP contribution in [-0.4, -0.2) is 29.9 Å². The predicted molar refractivity (Wildman–Crippen MR) is 105 cm³/mol. The summed E-state index contributed by atoms with van der Waals surface area (Å²) < 4.78 is 29.2. The number of imidazole rings is 1. The van der Waals surface area contributed by atoms with Crippen LogP contribution >= 0.6 is 0 Å². The molecule has 0 radical (unpaired) electrons. The molecule has 7 nitrogen and oxygen atoms in total. The summed E-state index contributed by atoms with van der Waals surface area (Å²) in [5.74, 6) is -0.0826. The molecule has 1 heterocycles. The van der Waals surface area contributed by atoms with Gasteiger partial charge in [-0.3, -0.25) is 10.1 Å². The Bertz CT molecular complexity index is 1070. The van der Waals surface area contributed by atoms with E-state index in [1.807, 2.05) is 42.7 Å². The number of amides is 1. The third-order valence-corrected chi connectivity index (χ3v) is 5.82. The summed E-state index contributed by atoms with van der Waals surface area (Å²) in [4.78, 5) is 17.1. The van der Waals surface area contributed by atoms with E-state index in [4.69, 9.17) is 0 Å². The van der Waals surface area contributed by atoms with E-state index < -0.39 is 22.0 Å². The van der Waals surface area contributed by atoms with E-state index in [1.54, 1.807) is 12.1 Å². The number of aromatic nitrogens is 2. The van der Waals surface area contributed by atoms with Gasteiger partial charge in [0.15, 0.2) is 0 Å². The zero-order chi connectivity index (χ0) is 19.6. The first-order valence-corrected chi connectivity index (χ1v) is 10.2.